The van der Waals surface area contributed by atoms with Gasteiger partial charge in [0.1, 0.15) is 11.6 Å². The van der Waals surface area contributed by atoms with Crippen LogP contribution in [0.25, 0.3) is 0 Å². The minimum absolute atomic E-state index is 0.277. The lowest BCUT2D eigenvalue weighted by Gasteiger charge is -2.35. The molecule has 1 aromatic carbocycles. The van der Waals surface area contributed by atoms with Gasteiger partial charge in [0.25, 0.3) is 0 Å². The number of aromatic nitrogens is 4. The summed E-state index contributed by atoms with van der Waals surface area (Å²) in [6, 6.07) is 8.43. The number of hydrogen-bond acceptors (Lipinski definition) is 6. The molecule has 134 valence electrons. The van der Waals surface area contributed by atoms with Crippen LogP contribution in [0.2, 0.25) is 0 Å². The van der Waals surface area contributed by atoms with Gasteiger partial charge in [-0.1, -0.05) is 12.1 Å². The van der Waals surface area contributed by atoms with E-state index in [1.807, 2.05) is 31.6 Å². The van der Waals surface area contributed by atoms with Crippen molar-refractivity contribution < 1.29 is 4.74 Å². The highest BCUT2D eigenvalue weighted by Gasteiger charge is 2.26. The molecule has 26 heavy (non-hydrogen) atoms. The predicted octanol–water partition coefficient (Wildman–Crippen LogP) is 2.15. The van der Waals surface area contributed by atoms with Gasteiger partial charge < -0.3 is 14.6 Å². The number of piperazine rings is 1. The molecule has 2 aromatic heterocycles. The van der Waals surface area contributed by atoms with E-state index in [1.54, 1.807) is 18.6 Å². The maximum atomic E-state index is 5.71. The molecule has 0 spiro atoms. The zero-order valence-corrected chi connectivity index (χ0v) is 14.7. The standard InChI is InChI=1S/C19H22N6O/c1-24-10-9-23-19(24)17-12-21-8-11-25(17)14-15-2-4-16(5-3-15)26-18-13-20-6-7-22-18/h2-7,9-10,13,17,21H,8,11-12,14H2,1H3. The van der Waals surface area contributed by atoms with Crippen LogP contribution in [0.15, 0.2) is 55.2 Å². The van der Waals surface area contributed by atoms with Gasteiger partial charge in [0, 0.05) is 58.0 Å². The van der Waals surface area contributed by atoms with Crippen LogP contribution in [0.5, 0.6) is 11.6 Å². The largest absolute Gasteiger partial charge is 0.438 e. The summed E-state index contributed by atoms with van der Waals surface area (Å²) < 4.78 is 7.81. The van der Waals surface area contributed by atoms with E-state index in [4.69, 9.17) is 4.74 Å². The Balaban J connectivity index is 1.45. The molecule has 3 heterocycles. The van der Waals surface area contributed by atoms with Crippen LogP contribution in [0, 0.1) is 0 Å². The first-order valence-corrected chi connectivity index (χ1v) is 8.74. The van der Waals surface area contributed by atoms with E-state index < -0.39 is 0 Å². The molecule has 0 aliphatic carbocycles. The lowest BCUT2D eigenvalue weighted by atomic mass is 10.1. The number of ether oxygens (including phenoxy) is 1. The molecule has 1 aliphatic rings. The van der Waals surface area contributed by atoms with Crippen molar-refractivity contribution in [3.05, 3.63) is 66.6 Å². The number of hydrogen-bond donors (Lipinski definition) is 1. The van der Waals surface area contributed by atoms with Gasteiger partial charge in [0.15, 0.2) is 0 Å². The summed E-state index contributed by atoms with van der Waals surface area (Å²) in [6.07, 6.45) is 8.71. The van der Waals surface area contributed by atoms with Crippen LogP contribution in [0.4, 0.5) is 0 Å². The molecule has 1 saturated heterocycles. The first-order chi connectivity index (χ1) is 12.8. The topological polar surface area (TPSA) is 68.1 Å². The van der Waals surface area contributed by atoms with Gasteiger partial charge in [-0.15, -0.1) is 0 Å². The second kappa shape index (κ2) is 7.63. The smallest absolute Gasteiger partial charge is 0.237 e. The molecule has 0 amide bonds. The zero-order valence-electron chi connectivity index (χ0n) is 14.7. The number of benzene rings is 1. The van der Waals surface area contributed by atoms with Gasteiger partial charge in [-0.2, -0.15) is 0 Å². The number of nitrogens with zero attached hydrogens (tertiary/aromatic N) is 5. The first-order valence-electron chi connectivity index (χ1n) is 8.74. The van der Waals surface area contributed by atoms with Gasteiger partial charge in [-0.3, -0.25) is 9.88 Å². The highest BCUT2D eigenvalue weighted by atomic mass is 16.5. The molecular weight excluding hydrogens is 328 g/mol. The van der Waals surface area contributed by atoms with Crippen LogP contribution in [0.1, 0.15) is 17.4 Å². The van der Waals surface area contributed by atoms with E-state index in [1.165, 1.54) is 5.56 Å². The Labute approximate surface area is 152 Å². The fourth-order valence-electron chi connectivity index (χ4n) is 3.24. The maximum Gasteiger partial charge on any atom is 0.237 e. The summed E-state index contributed by atoms with van der Waals surface area (Å²) in [4.78, 5) is 15.1. The summed E-state index contributed by atoms with van der Waals surface area (Å²) >= 11 is 0. The highest BCUT2D eigenvalue weighted by molar-refractivity contribution is 5.30. The third kappa shape index (κ3) is 3.74. The molecule has 1 unspecified atom stereocenters. The second-order valence-corrected chi connectivity index (χ2v) is 6.38. The minimum atomic E-state index is 0.277. The quantitative estimate of drug-likeness (QED) is 0.760. The molecule has 1 fully saturated rings. The molecule has 1 atom stereocenters. The fourth-order valence-corrected chi connectivity index (χ4v) is 3.24. The van der Waals surface area contributed by atoms with Crippen molar-refractivity contribution in [2.24, 2.45) is 7.05 Å². The average molecular weight is 350 g/mol. The van der Waals surface area contributed by atoms with Crippen LogP contribution in [-0.4, -0.2) is 44.1 Å². The Morgan fingerprint density at radius 3 is 2.77 bits per heavy atom. The molecule has 1 aliphatic heterocycles. The average Bonchev–Trinajstić information content (AvgIpc) is 3.10. The van der Waals surface area contributed by atoms with E-state index in [9.17, 15) is 0 Å². The number of aryl methyl sites for hydroxylation is 1. The molecule has 0 radical (unpaired) electrons. The monoisotopic (exact) mass is 350 g/mol. The summed E-state index contributed by atoms with van der Waals surface area (Å²) in [5.41, 5.74) is 1.25. The van der Waals surface area contributed by atoms with Crippen LogP contribution in [-0.2, 0) is 13.6 Å². The first kappa shape index (κ1) is 16.7. The molecule has 4 rings (SSSR count). The molecule has 0 saturated carbocycles. The molecule has 0 bridgehead atoms. The van der Waals surface area contributed by atoms with Crippen LogP contribution < -0.4 is 10.1 Å². The normalized spacial score (nSPS) is 18.0. The van der Waals surface area contributed by atoms with E-state index in [0.29, 0.717) is 5.88 Å². The Bertz CT molecular complexity index is 833. The number of nitrogens with one attached hydrogen (secondary N) is 1. The highest BCUT2D eigenvalue weighted by Crippen LogP contribution is 2.24. The van der Waals surface area contributed by atoms with Crippen LogP contribution >= 0.6 is 0 Å². The van der Waals surface area contributed by atoms with E-state index in [2.05, 4.69) is 41.9 Å². The van der Waals surface area contributed by atoms with Gasteiger partial charge in [0.2, 0.25) is 5.88 Å². The predicted molar refractivity (Wildman–Crippen MR) is 97.8 cm³/mol. The zero-order chi connectivity index (χ0) is 17.8. The minimum Gasteiger partial charge on any atom is -0.438 e. The molecular formula is C19H22N6O. The molecule has 3 aromatic rings. The van der Waals surface area contributed by atoms with E-state index in [0.717, 1.165) is 37.8 Å². The Kier molecular flexibility index (Phi) is 4.90. The van der Waals surface area contributed by atoms with Crippen LogP contribution in [0.3, 0.4) is 0 Å². The fraction of sp³-hybridized carbons (Fsp3) is 0.316. The van der Waals surface area contributed by atoms with Crippen molar-refractivity contribution in [2.45, 2.75) is 12.6 Å². The second-order valence-electron chi connectivity index (χ2n) is 6.38. The maximum absolute atomic E-state index is 5.71. The van der Waals surface area contributed by atoms with Crippen molar-refractivity contribution in [1.82, 2.24) is 29.7 Å². The third-order valence-corrected chi connectivity index (χ3v) is 4.58. The molecule has 7 nitrogen and oxygen atoms in total. The number of rotatable bonds is 5. The van der Waals surface area contributed by atoms with Crippen molar-refractivity contribution in [3.8, 4) is 11.6 Å². The SMILES string of the molecule is Cn1ccnc1C1CNCCN1Cc1ccc(Oc2cnccn2)cc1. The van der Waals surface area contributed by atoms with Crippen molar-refractivity contribution >= 4 is 0 Å². The Morgan fingerprint density at radius 1 is 1.15 bits per heavy atom. The summed E-state index contributed by atoms with van der Waals surface area (Å²) in [6.45, 7) is 3.79. The van der Waals surface area contributed by atoms with E-state index >= 15 is 0 Å². The summed E-state index contributed by atoms with van der Waals surface area (Å²) in [7, 11) is 2.05. The summed E-state index contributed by atoms with van der Waals surface area (Å²) in [5.74, 6) is 2.35. The van der Waals surface area contributed by atoms with Crippen molar-refractivity contribution in [3.63, 3.8) is 0 Å². The number of imidazole rings is 1. The van der Waals surface area contributed by atoms with Crippen molar-refractivity contribution in [2.75, 3.05) is 19.6 Å². The molecule has 1 N–H and O–H groups in total. The third-order valence-electron chi connectivity index (χ3n) is 4.58. The van der Waals surface area contributed by atoms with Crippen molar-refractivity contribution in [1.29, 1.82) is 0 Å². The summed E-state index contributed by atoms with van der Waals surface area (Å²) in [5, 5.41) is 3.47. The molecule has 7 heteroatoms. The van der Waals surface area contributed by atoms with Gasteiger partial charge in [-0.05, 0) is 17.7 Å². The lowest BCUT2D eigenvalue weighted by molar-refractivity contribution is 0.144. The Hall–Kier alpha value is -2.77. The van der Waals surface area contributed by atoms with Gasteiger partial charge in [-0.25, -0.2) is 9.97 Å². The Morgan fingerprint density at radius 2 is 2.04 bits per heavy atom. The van der Waals surface area contributed by atoms with E-state index in [-0.39, 0.29) is 6.04 Å². The lowest BCUT2D eigenvalue weighted by Crippen LogP contribution is -2.46. The van der Waals surface area contributed by atoms with Gasteiger partial charge >= 0.3 is 0 Å². The van der Waals surface area contributed by atoms with Gasteiger partial charge in [0.05, 0.1) is 12.2 Å².